The van der Waals surface area contributed by atoms with E-state index in [-0.39, 0.29) is 0 Å². The molecule has 3 rings (SSSR count). The molecule has 0 atom stereocenters. The van der Waals surface area contributed by atoms with Crippen LogP contribution in [0.2, 0.25) is 0 Å². The minimum Gasteiger partial charge on any atom is -0.489 e. The maximum absolute atomic E-state index is 5.88. The number of benzene rings is 2. The van der Waals surface area contributed by atoms with Gasteiger partial charge in [-0.05, 0) is 68.5 Å². The second-order valence-electron chi connectivity index (χ2n) is 6.26. The van der Waals surface area contributed by atoms with Gasteiger partial charge in [0.1, 0.15) is 12.4 Å². The van der Waals surface area contributed by atoms with Gasteiger partial charge in [0.2, 0.25) is 0 Å². The molecule has 3 heteroatoms. The summed E-state index contributed by atoms with van der Waals surface area (Å²) in [6.45, 7) is 2.97. The lowest BCUT2D eigenvalue weighted by Gasteiger charge is -2.22. The summed E-state index contributed by atoms with van der Waals surface area (Å²) in [6.07, 6.45) is 5.13. The Morgan fingerprint density at radius 1 is 1.00 bits per heavy atom. The lowest BCUT2D eigenvalue weighted by atomic mass is 9.91. The third-order valence-electron chi connectivity index (χ3n) is 4.58. The van der Waals surface area contributed by atoms with Gasteiger partial charge in [0.15, 0.2) is 0 Å². The quantitative estimate of drug-likeness (QED) is 0.772. The highest BCUT2D eigenvalue weighted by Crippen LogP contribution is 2.22. The van der Waals surface area contributed by atoms with E-state index in [0.717, 1.165) is 16.1 Å². The molecule has 0 radical (unpaired) electrons. The summed E-state index contributed by atoms with van der Waals surface area (Å²) in [5.41, 5.74) is 2.58. The van der Waals surface area contributed by atoms with E-state index in [4.69, 9.17) is 4.74 Å². The Labute approximate surface area is 147 Å². The molecule has 122 valence electrons. The number of rotatable bonds is 6. The summed E-state index contributed by atoms with van der Waals surface area (Å²) in [6, 6.07) is 16.8. The number of piperidine rings is 1. The normalized spacial score (nSPS) is 15.5. The fourth-order valence-electron chi connectivity index (χ4n) is 3.07. The van der Waals surface area contributed by atoms with Gasteiger partial charge in [0, 0.05) is 10.0 Å². The van der Waals surface area contributed by atoms with Crippen molar-refractivity contribution in [3.05, 3.63) is 64.1 Å². The lowest BCUT2D eigenvalue weighted by molar-refractivity contribution is 0.305. The van der Waals surface area contributed by atoms with Gasteiger partial charge in [-0.2, -0.15) is 0 Å². The highest BCUT2D eigenvalue weighted by Gasteiger charge is 2.12. The van der Waals surface area contributed by atoms with E-state index in [1.165, 1.54) is 49.9 Å². The van der Waals surface area contributed by atoms with Gasteiger partial charge in [-0.1, -0.05) is 46.3 Å². The van der Waals surface area contributed by atoms with E-state index >= 15 is 0 Å². The van der Waals surface area contributed by atoms with Crippen molar-refractivity contribution in [3.63, 3.8) is 0 Å². The van der Waals surface area contributed by atoms with Crippen LogP contribution in [0.5, 0.6) is 5.75 Å². The number of ether oxygens (including phenoxy) is 1. The van der Waals surface area contributed by atoms with Crippen molar-refractivity contribution in [2.24, 2.45) is 5.92 Å². The van der Waals surface area contributed by atoms with Gasteiger partial charge in [-0.15, -0.1) is 0 Å². The second-order valence-corrected chi connectivity index (χ2v) is 7.11. The zero-order chi connectivity index (χ0) is 15.9. The van der Waals surface area contributed by atoms with Crippen LogP contribution >= 0.6 is 15.9 Å². The Balaban J connectivity index is 1.48. The number of halogens is 1. The predicted molar refractivity (Wildman–Crippen MR) is 98.8 cm³/mol. The molecule has 0 unspecified atom stereocenters. The molecule has 0 spiro atoms. The van der Waals surface area contributed by atoms with E-state index in [0.29, 0.717) is 6.61 Å². The molecule has 1 fully saturated rings. The minimum absolute atomic E-state index is 0.593. The average Bonchev–Trinajstić information content (AvgIpc) is 2.61. The number of nitrogens with one attached hydrogen (secondary N) is 1. The molecule has 1 N–H and O–H groups in total. The molecule has 0 aromatic heterocycles. The van der Waals surface area contributed by atoms with E-state index in [9.17, 15) is 0 Å². The molecule has 1 aliphatic rings. The van der Waals surface area contributed by atoms with Crippen LogP contribution in [0.4, 0.5) is 0 Å². The molecule has 1 aliphatic heterocycles. The monoisotopic (exact) mass is 373 g/mol. The van der Waals surface area contributed by atoms with Crippen LogP contribution in [0.1, 0.15) is 30.4 Å². The zero-order valence-corrected chi connectivity index (χ0v) is 15.0. The maximum atomic E-state index is 5.88. The molecule has 2 aromatic carbocycles. The molecule has 0 amide bonds. The Hall–Kier alpha value is -1.32. The van der Waals surface area contributed by atoms with Crippen LogP contribution in [0.15, 0.2) is 53.0 Å². The van der Waals surface area contributed by atoms with E-state index in [1.54, 1.807) is 0 Å². The fraction of sp³-hybridized carbons (Fsp3) is 0.400. The molecule has 2 nitrogen and oxygen atoms in total. The van der Waals surface area contributed by atoms with Crippen molar-refractivity contribution >= 4 is 15.9 Å². The number of aryl methyl sites for hydroxylation is 1. The van der Waals surface area contributed by atoms with Gasteiger partial charge < -0.3 is 10.1 Å². The van der Waals surface area contributed by atoms with E-state index in [2.05, 4.69) is 51.6 Å². The van der Waals surface area contributed by atoms with Crippen molar-refractivity contribution in [2.45, 2.75) is 32.3 Å². The first kappa shape index (κ1) is 16.5. The maximum Gasteiger partial charge on any atom is 0.119 e. The summed E-state index contributed by atoms with van der Waals surface area (Å²) in [4.78, 5) is 0. The van der Waals surface area contributed by atoms with Crippen LogP contribution in [-0.2, 0) is 13.0 Å². The largest absolute Gasteiger partial charge is 0.489 e. The second kappa shape index (κ2) is 8.51. The Morgan fingerprint density at radius 3 is 2.48 bits per heavy atom. The lowest BCUT2D eigenvalue weighted by Crippen LogP contribution is -2.27. The topological polar surface area (TPSA) is 21.3 Å². The van der Waals surface area contributed by atoms with Crippen molar-refractivity contribution in [3.8, 4) is 5.75 Å². The number of hydrogen-bond acceptors (Lipinski definition) is 2. The predicted octanol–water partition coefficient (Wildman–Crippen LogP) is 4.96. The molecule has 0 aliphatic carbocycles. The molecule has 1 saturated heterocycles. The molecular formula is C20H24BrNO. The smallest absolute Gasteiger partial charge is 0.119 e. The summed E-state index contributed by atoms with van der Waals surface area (Å²) < 4.78 is 6.98. The highest BCUT2D eigenvalue weighted by molar-refractivity contribution is 9.10. The Bertz CT molecular complexity index is 605. The SMILES string of the molecule is Brc1ccccc1COc1ccc(CCC2CCNCC2)cc1. The van der Waals surface area contributed by atoms with Crippen LogP contribution in [0.3, 0.4) is 0 Å². The van der Waals surface area contributed by atoms with E-state index in [1.807, 2.05) is 18.2 Å². The van der Waals surface area contributed by atoms with Crippen molar-refractivity contribution in [1.82, 2.24) is 5.32 Å². The molecule has 23 heavy (non-hydrogen) atoms. The van der Waals surface area contributed by atoms with Crippen LogP contribution in [-0.4, -0.2) is 13.1 Å². The highest BCUT2D eigenvalue weighted by atomic mass is 79.9. The van der Waals surface area contributed by atoms with Crippen molar-refractivity contribution < 1.29 is 4.74 Å². The van der Waals surface area contributed by atoms with Gasteiger partial charge >= 0.3 is 0 Å². The van der Waals surface area contributed by atoms with Crippen LogP contribution in [0, 0.1) is 5.92 Å². The van der Waals surface area contributed by atoms with Gasteiger partial charge in [0.05, 0.1) is 0 Å². The van der Waals surface area contributed by atoms with Crippen molar-refractivity contribution in [1.29, 1.82) is 0 Å². The first-order valence-corrected chi connectivity index (χ1v) is 9.26. The summed E-state index contributed by atoms with van der Waals surface area (Å²) in [5.74, 6) is 1.83. The first-order chi connectivity index (χ1) is 11.3. The number of hydrogen-bond donors (Lipinski definition) is 1. The first-order valence-electron chi connectivity index (χ1n) is 8.47. The molecule has 1 heterocycles. The van der Waals surface area contributed by atoms with Gasteiger partial charge in [0.25, 0.3) is 0 Å². The molecular weight excluding hydrogens is 350 g/mol. The summed E-state index contributed by atoms with van der Waals surface area (Å²) in [5, 5.41) is 3.43. The van der Waals surface area contributed by atoms with Gasteiger partial charge in [-0.3, -0.25) is 0 Å². The fourth-order valence-corrected chi connectivity index (χ4v) is 3.47. The third kappa shape index (κ3) is 5.08. The average molecular weight is 374 g/mol. The third-order valence-corrected chi connectivity index (χ3v) is 5.35. The zero-order valence-electron chi connectivity index (χ0n) is 13.4. The summed E-state index contributed by atoms with van der Waals surface area (Å²) >= 11 is 3.56. The Morgan fingerprint density at radius 2 is 1.74 bits per heavy atom. The van der Waals surface area contributed by atoms with Crippen molar-refractivity contribution in [2.75, 3.05) is 13.1 Å². The molecule has 0 bridgehead atoms. The minimum atomic E-state index is 0.593. The van der Waals surface area contributed by atoms with Gasteiger partial charge in [-0.25, -0.2) is 0 Å². The Kier molecular flexibility index (Phi) is 6.12. The standard InChI is InChI=1S/C20H24BrNO/c21-20-4-2-1-3-18(20)15-23-19-9-7-16(8-10-19)5-6-17-11-13-22-14-12-17/h1-4,7-10,17,22H,5-6,11-15H2. The van der Waals surface area contributed by atoms with Crippen LogP contribution in [0.25, 0.3) is 0 Å². The molecule has 2 aromatic rings. The van der Waals surface area contributed by atoms with Crippen LogP contribution < -0.4 is 10.1 Å². The molecule has 0 saturated carbocycles. The summed E-state index contributed by atoms with van der Waals surface area (Å²) in [7, 11) is 0. The van der Waals surface area contributed by atoms with E-state index < -0.39 is 0 Å².